The molecular formula is C24H20ClF6N3O4. The number of hydrazone groups is 1. The summed E-state index contributed by atoms with van der Waals surface area (Å²) in [6.45, 7) is 1.41. The van der Waals surface area contributed by atoms with E-state index in [1.807, 2.05) is 0 Å². The van der Waals surface area contributed by atoms with E-state index in [1.165, 1.54) is 6.92 Å². The van der Waals surface area contributed by atoms with E-state index in [-0.39, 0.29) is 23.6 Å². The number of rotatable bonds is 7. The van der Waals surface area contributed by atoms with E-state index in [2.05, 4.69) is 10.4 Å². The van der Waals surface area contributed by atoms with Gasteiger partial charge in [0.25, 0.3) is 0 Å². The van der Waals surface area contributed by atoms with E-state index in [4.69, 9.17) is 16.3 Å². The largest absolute Gasteiger partial charge is 0.465 e. The molecule has 2 aromatic rings. The number of halogens is 7. The maximum atomic E-state index is 13.2. The first-order chi connectivity index (χ1) is 17.6. The van der Waals surface area contributed by atoms with Crippen molar-refractivity contribution in [2.24, 2.45) is 10.5 Å². The SMILES string of the molecule is CCOC(=O)C1(C(C)=O)CN(CC(=O)Nc2ccc(C(F)(F)F)cc2)N=C1c1ccc(C(F)(F)F)c(Cl)c1. The molecule has 0 saturated carbocycles. The van der Waals surface area contributed by atoms with Gasteiger partial charge in [-0.1, -0.05) is 17.7 Å². The van der Waals surface area contributed by atoms with Crippen LogP contribution < -0.4 is 5.32 Å². The number of ether oxygens (including phenoxy) is 1. The molecule has 38 heavy (non-hydrogen) atoms. The van der Waals surface area contributed by atoms with Crippen LogP contribution in [0.15, 0.2) is 47.6 Å². The Balaban J connectivity index is 1.93. The topological polar surface area (TPSA) is 88.1 Å². The van der Waals surface area contributed by atoms with Crippen molar-refractivity contribution in [3.8, 4) is 0 Å². The van der Waals surface area contributed by atoms with E-state index in [9.17, 15) is 40.7 Å². The number of alkyl halides is 6. The van der Waals surface area contributed by atoms with E-state index < -0.39 is 64.7 Å². The Bertz CT molecular complexity index is 1280. The molecule has 0 aromatic heterocycles. The van der Waals surface area contributed by atoms with Crippen molar-refractivity contribution >= 4 is 40.7 Å². The van der Waals surface area contributed by atoms with Gasteiger partial charge in [-0.3, -0.25) is 19.4 Å². The Morgan fingerprint density at radius 1 is 1.05 bits per heavy atom. The summed E-state index contributed by atoms with van der Waals surface area (Å²) >= 11 is 5.83. The third-order valence-electron chi connectivity index (χ3n) is 5.66. The van der Waals surface area contributed by atoms with Gasteiger partial charge in [0.15, 0.2) is 11.2 Å². The Kier molecular flexibility index (Phi) is 8.10. The van der Waals surface area contributed by atoms with Crippen molar-refractivity contribution in [2.75, 3.05) is 25.0 Å². The predicted molar refractivity (Wildman–Crippen MR) is 124 cm³/mol. The standard InChI is InChI=1S/C24H20ClF6N3O4/c1-3-38-21(37)22(13(2)35)12-34(11-19(36)32-16-7-5-15(6-8-16)23(26,27)28)33-20(22)14-4-9-17(18(25)10-14)24(29,30)31/h4-10H,3,11-12H2,1-2H3,(H,32,36). The average Bonchev–Trinajstić information content (AvgIpc) is 3.18. The molecule has 1 unspecified atom stereocenters. The molecule has 0 saturated heterocycles. The van der Waals surface area contributed by atoms with Crippen LogP contribution in [0.5, 0.6) is 0 Å². The first-order valence-corrected chi connectivity index (χ1v) is 11.3. The zero-order valence-corrected chi connectivity index (χ0v) is 20.6. The lowest BCUT2D eigenvalue weighted by molar-refractivity contribution is -0.155. The maximum absolute atomic E-state index is 13.2. The number of amides is 1. The molecular weight excluding hydrogens is 544 g/mol. The summed E-state index contributed by atoms with van der Waals surface area (Å²) in [5.74, 6) is -2.51. The quantitative estimate of drug-likeness (QED) is 0.285. The number of Topliss-reactive ketones (excluding diaryl/α,β-unsaturated/α-hetero) is 1. The minimum Gasteiger partial charge on any atom is -0.465 e. The van der Waals surface area contributed by atoms with Crippen molar-refractivity contribution in [1.82, 2.24) is 5.01 Å². The van der Waals surface area contributed by atoms with Gasteiger partial charge in [0.05, 0.1) is 35.0 Å². The van der Waals surface area contributed by atoms with Crippen LogP contribution in [0.3, 0.4) is 0 Å². The average molecular weight is 564 g/mol. The first-order valence-electron chi connectivity index (χ1n) is 11.0. The Morgan fingerprint density at radius 2 is 1.68 bits per heavy atom. The number of esters is 1. The van der Waals surface area contributed by atoms with Crippen LogP contribution in [0.2, 0.25) is 5.02 Å². The van der Waals surface area contributed by atoms with Crippen molar-refractivity contribution in [3.05, 3.63) is 64.2 Å². The number of anilines is 1. The predicted octanol–water partition coefficient (Wildman–Crippen LogP) is 5.17. The molecule has 0 radical (unpaired) electrons. The highest BCUT2D eigenvalue weighted by Crippen LogP contribution is 2.39. The molecule has 204 valence electrons. The Labute approximate surface area is 217 Å². The summed E-state index contributed by atoms with van der Waals surface area (Å²) in [6, 6.07) is 6.22. The molecule has 0 fully saturated rings. The summed E-state index contributed by atoms with van der Waals surface area (Å²) in [6.07, 6.45) is -9.32. The summed E-state index contributed by atoms with van der Waals surface area (Å²) in [4.78, 5) is 38.4. The minimum atomic E-state index is -4.76. The number of carbonyl (C=O) groups excluding carboxylic acids is 3. The maximum Gasteiger partial charge on any atom is 0.417 e. The monoisotopic (exact) mass is 563 g/mol. The molecule has 3 rings (SSSR count). The second kappa shape index (κ2) is 10.6. The molecule has 1 aliphatic heterocycles. The molecule has 0 aliphatic carbocycles. The van der Waals surface area contributed by atoms with Gasteiger partial charge < -0.3 is 10.1 Å². The molecule has 0 bridgehead atoms. The zero-order chi connectivity index (χ0) is 28.5. The summed E-state index contributed by atoms with van der Waals surface area (Å²) < 4.78 is 82.9. The van der Waals surface area contributed by atoms with Gasteiger partial charge in [0.1, 0.15) is 6.54 Å². The van der Waals surface area contributed by atoms with Gasteiger partial charge in [-0.15, -0.1) is 0 Å². The summed E-state index contributed by atoms with van der Waals surface area (Å²) in [7, 11) is 0. The van der Waals surface area contributed by atoms with Crippen LogP contribution in [-0.4, -0.2) is 48.1 Å². The van der Waals surface area contributed by atoms with E-state index >= 15 is 0 Å². The Hall–Kier alpha value is -3.61. The highest BCUT2D eigenvalue weighted by Gasteiger charge is 2.55. The number of nitrogens with zero attached hydrogens (tertiary/aromatic N) is 2. The van der Waals surface area contributed by atoms with Crippen LogP contribution in [0, 0.1) is 5.41 Å². The van der Waals surface area contributed by atoms with Gasteiger partial charge in [-0.05, 0) is 50.2 Å². The van der Waals surface area contributed by atoms with Crippen LogP contribution in [0.25, 0.3) is 0 Å². The minimum absolute atomic E-state index is 0.0455. The highest BCUT2D eigenvalue weighted by atomic mass is 35.5. The molecule has 1 N–H and O–H groups in total. The lowest BCUT2D eigenvalue weighted by Crippen LogP contribution is -2.49. The smallest absolute Gasteiger partial charge is 0.417 e. The second-order valence-electron chi connectivity index (χ2n) is 8.27. The fourth-order valence-corrected chi connectivity index (χ4v) is 4.13. The number of carbonyl (C=O) groups is 3. The fourth-order valence-electron chi connectivity index (χ4n) is 3.84. The fraction of sp³-hybridized carbons (Fsp3) is 0.333. The zero-order valence-electron chi connectivity index (χ0n) is 19.8. The lowest BCUT2D eigenvalue weighted by Gasteiger charge is -2.26. The highest BCUT2D eigenvalue weighted by molar-refractivity contribution is 6.33. The van der Waals surface area contributed by atoms with E-state index in [1.54, 1.807) is 0 Å². The number of nitrogens with one attached hydrogen (secondary N) is 1. The second-order valence-corrected chi connectivity index (χ2v) is 8.68. The van der Waals surface area contributed by atoms with Gasteiger partial charge >= 0.3 is 18.3 Å². The van der Waals surface area contributed by atoms with Crippen LogP contribution in [0.1, 0.15) is 30.5 Å². The van der Waals surface area contributed by atoms with E-state index in [0.29, 0.717) is 6.07 Å². The molecule has 2 aromatic carbocycles. The van der Waals surface area contributed by atoms with Crippen LogP contribution in [0.4, 0.5) is 32.0 Å². The number of hydrogen-bond acceptors (Lipinski definition) is 6. The third kappa shape index (κ3) is 5.93. The molecule has 1 heterocycles. The third-order valence-corrected chi connectivity index (χ3v) is 5.97. The summed E-state index contributed by atoms with van der Waals surface area (Å²) in [5, 5.41) is 6.90. The molecule has 1 amide bonds. The number of benzene rings is 2. The van der Waals surface area contributed by atoms with Gasteiger partial charge in [-0.25, -0.2) is 0 Å². The molecule has 0 spiro atoms. The first kappa shape index (κ1) is 29.0. The van der Waals surface area contributed by atoms with Crippen LogP contribution in [-0.2, 0) is 31.5 Å². The molecule has 1 atom stereocenters. The lowest BCUT2D eigenvalue weighted by atomic mass is 9.76. The molecule has 14 heteroatoms. The van der Waals surface area contributed by atoms with Gasteiger partial charge in [0, 0.05) is 11.3 Å². The normalized spacial score (nSPS) is 17.7. The van der Waals surface area contributed by atoms with Crippen molar-refractivity contribution in [3.63, 3.8) is 0 Å². The molecule has 7 nitrogen and oxygen atoms in total. The van der Waals surface area contributed by atoms with Crippen LogP contribution >= 0.6 is 11.6 Å². The molecule has 1 aliphatic rings. The van der Waals surface area contributed by atoms with Crippen molar-refractivity contribution in [1.29, 1.82) is 0 Å². The summed E-state index contributed by atoms with van der Waals surface area (Å²) in [5.41, 5.74) is -4.42. The van der Waals surface area contributed by atoms with E-state index in [0.717, 1.165) is 48.3 Å². The van der Waals surface area contributed by atoms with Crippen molar-refractivity contribution in [2.45, 2.75) is 26.2 Å². The van der Waals surface area contributed by atoms with Gasteiger partial charge in [0.2, 0.25) is 5.91 Å². The Morgan fingerprint density at radius 3 is 2.18 bits per heavy atom. The number of hydrogen-bond donors (Lipinski definition) is 1. The number of ketones is 1. The van der Waals surface area contributed by atoms with Gasteiger partial charge in [-0.2, -0.15) is 31.4 Å². The van der Waals surface area contributed by atoms with Crippen molar-refractivity contribution < 1.29 is 45.5 Å².